The van der Waals surface area contributed by atoms with Crippen molar-refractivity contribution >= 4 is 12.0 Å². The van der Waals surface area contributed by atoms with Crippen LogP contribution < -0.4 is 10.1 Å². The van der Waals surface area contributed by atoms with Crippen LogP contribution in [0.25, 0.3) is 0 Å². The lowest BCUT2D eigenvalue weighted by Gasteiger charge is -2.01. The zero-order valence-corrected chi connectivity index (χ0v) is 7.57. The van der Waals surface area contributed by atoms with Crippen molar-refractivity contribution in [3.05, 3.63) is 30.5 Å². The van der Waals surface area contributed by atoms with Crippen LogP contribution in [0.15, 0.2) is 35.0 Å². The Morgan fingerprint density at radius 1 is 1.57 bits per heavy atom. The van der Waals surface area contributed by atoms with Crippen molar-refractivity contribution in [2.24, 2.45) is 0 Å². The topological polar surface area (TPSA) is 68.5 Å². The summed E-state index contributed by atoms with van der Waals surface area (Å²) in [6.45, 7) is 4.84. The molecule has 74 valence electrons. The van der Waals surface area contributed by atoms with E-state index in [0.717, 1.165) is 0 Å². The largest absolute Gasteiger partial charge is 0.434 e. The van der Waals surface area contributed by atoms with E-state index in [1.165, 1.54) is 19.3 Å². The lowest BCUT2D eigenvalue weighted by molar-refractivity contribution is -0.116. The van der Waals surface area contributed by atoms with Crippen LogP contribution in [0.5, 0.6) is 5.95 Å². The van der Waals surface area contributed by atoms with E-state index >= 15 is 0 Å². The van der Waals surface area contributed by atoms with Gasteiger partial charge in [0.1, 0.15) is 0 Å². The predicted octanol–water partition coefficient (Wildman–Crippen LogP) is 1.47. The van der Waals surface area contributed by atoms with Gasteiger partial charge in [-0.1, -0.05) is 6.58 Å². The third kappa shape index (κ3) is 2.78. The van der Waals surface area contributed by atoms with Crippen molar-refractivity contribution in [3.63, 3.8) is 0 Å². The van der Waals surface area contributed by atoms with Crippen molar-refractivity contribution in [1.29, 1.82) is 0 Å². The highest BCUT2D eigenvalue weighted by molar-refractivity contribution is 6.01. The molecule has 0 unspecified atom stereocenters. The van der Waals surface area contributed by atoms with Gasteiger partial charge in [0.15, 0.2) is 0 Å². The van der Waals surface area contributed by atoms with E-state index in [0.29, 0.717) is 0 Å². The second-order valence-electron chi connectivity index (χ2n) is 2.56. The summed E-state index contributed by atoms with van der Waals surface area (Å²) in [5.41, 5.74) is 0.224. The molecule has 0 saturated carbocycles. The van der Waals surface area contributed by atoms with Crippen LogP contribution in [0.3, 0.4) is 0 Å². The smallest absolute Gasteiger partial charge is 0.422 e. The van der Waals surface area contributed by atoms with Crippen LogP contribution in [0, 0.1) is 0 Å². The predicted molar refractivity (Wildman–Crippen MR) is 47.7 cm³/mol. The Balaban J connectivity index is 2.44. The molecule has 0 radical (unpaired) electrons. The zero-order valence-electron chi connectivity index (χ0n) is 7.57. The van der Waals surface area contributed by atoms with Crippen molar-refractivity contribution in [2.45, 2.75) is 6.92 Å². The monoisotopic (exact) mass is 195 g/mol. The first-order valence-corrected chi connectivity index (χ1v) is 3.82. The highest BCUT2D eigenvalue weighted by Gasteiger charge is 2.10. The molecule has 1 aromatic heterocycles. The van der Waals surface area contributed by atoms with Crippen LogP contribution in [-0.2, 0) is 4.79 Å². The molecule has 0 aliphatic carbocycles. The Hall–Kier alpha value is -2.04. The van der Waals surface area contributed by atoms with Crippen molar-refractivity contribution in [2.75, 3.05) is 0 Å². The van der Waals surface area contributed by atoms with Gasteiger partial charge in [0.05, 0.1) is 6.26 Å². The van der Waals surface area contributed by atoms with Gasteiger partial charge >= 0.3 is 6.09 Å². The molecule has 0 bridgehead atoms. The van der Waals surface area contributed by atoms with Gasteiger partial charge in [0.25, 0.3) is 11.9 Å². The van der Waals surface area contributed by atoms with Crippen molar-refractivity contribution in [1.82, 2.24) is 5.32 Å². The molecular weight excluding hydrogens is 186 g/mol. The van der Waals surface area contributed by atoms with Gasteiger partial charge in [-0.15, -0.1) is 0 Å². The van der Waals surface area contributed by atoms with E-state index < -0.39 is 12.0 Å². The minimum atomic E-state index is -0.895. The van der Waals surface area contributed by atoms with Gasteiger partial charge in [-0.05, 0) is 13.0 Å². The van der Waals surface area contributed by atoms with Crippen LogP contribution in [0.1, 0.15) is 6.92 Å². The Bertz CT molecular complexity index is 353. The molecule has 0 spiro atoms. The van der Waals surface area contributed by atoms with Gasteiger partial charge < -0.3 is 9.15 Å². The summed E-state index contributed by atoms with van der Waals surface area (Å²) in [6.07, 6.45) is 0.455. The number of ether oxygens (including phenoxy) is 1. The molecule has 1 rings (SSSR count). The average molecular weight is 195 g/mol. The standard InChI is InChI=1S/C9H9NO4/c1-6(2)8(11)10-9(12)14-7-4-3-5-13-7/h3-5H,1H2,2H3,(H,10,11,12). The van der Waals surface area contributed by atoms with E-state index in [2.05, 4.69) is 11.3 Å². The Morgan fingerprint density at radius 2 is 2.29 bits per heavy atom. The van der Waals surface area contributed by atoms with Gasteiger partial charge in [0, 0.05) is 11.6 Å². The highest BCUT2D eigenvalue weighted by atomic mass is 16.6. The fourth-order valence-electron chi connectivity index (χ4n) is 0.638. The molecular formula is C9H9NO4. The molecule has 1 heterocycles. The molecule has 0 aliphatic rings. The second-order valence-corrected chi connectivity index (χ2v) is 2.56. The summed E-state index contributed by atoms with van der Waals surface area (Å²) in [5.74, 6) is -0.557. The number of imide groups is 1. The Morgan fingerprint density at radius 3 is 2.79 bits per heavy atom. The maximum atomic E-state index is 11.0. The Labute approximate surface area is 80.3 Å². The first-order valence-electron chi connectivity index (χ1n) is 3.82. The fourth-order valence-corrected chi connectivity index (χ4v) is 0.638. The number of nitrogens with one attached hydrogen (secondary N) is 1. The minimum absolute atomic E-state index is 0.0250. The summed E-state index contributed by atoms with van der Waals surface area (Å²) in [6, 6.07) is 3.01. The summed E-state index contributed by atoms with van der Waals surface area (Å²) in [7, 11) is 0. The zero-order chi connectivity index (χ0) is 10.6. The number of rotatable bonds is 2. The molecule has 0 fully saturated rings. The van der Waals surface area contributed by atoms with Crippen LogP contribution in [0.4, 0.5) is 4.79 Å². The minimum Gasteiger partial charge on any atom is -0.434 e. The number of amides is 2. The molecule has 5 heteroatoms. The summed E-state index contributed by atoms with van der Waals surface area (Å²) in [4.78, 5) is 21.9. The third-order valence-corrected chi connectivity index (χ3v) is 1.29. The summed E-state index contributed by atoms with van der Waals surface area (Å²) < 4.78 is 9.33. The second kappa shape index (κ2) is 4.27. The highest BCUT2D eigenvalue weighted by Crippen LogP contribution is 2.09. The van der Waals surface area contributed by atoms with E-state index in [9.17, 15) is 9.59 Å². The van der Waals surface area contributed by atoms with Crippen molar-refractivity contribution in [3.8, 4) is 5.95 Å². The first kappa shape index (κ1) is 10.0. The fraction of sp³-hybridized carbons (Fsp3) is 0.111. The first-order chi connectivity index (χ1) is 6.59. The lowest BCUT2D eigenvalue weighted by Crippen LogP contribution is -2.33. The average Bonchev–Trinajstić information content (AvgIpc) is 2.56. The quantitative estimate of drug-likeness (QED) is 0.725. The third-order valence-electron chi connectivity index (χ3n) is 1.29. The number of furan rings is 1. The van der Waals surface area contributed by atoms with Gasteiger partial charge in [-0.3, -0.25) is 10.1 Å². The van der Waals surface area contributed by atoms with Crippen LogP contribution in [-0.4, -0.2) is 12.0 Å². The molecule has 5 nitrogen and oxygen atoms in total. The van der Waals surface area contributed by atoms with Crippen LogP contribution >= 0.6 is 0 Å². The number of carbonyl (C=O) groups is 2. The number of hydrogen-bond donors (Lipinski definition) is 1. The Kier molecular flexibility index (Phi) is 3.06. The molecule has 1 N–H and O–H groups in total. The molecule has 0 saturated heterocycles. The maximum absolute atomic E-state index is 11.0. The van der Waals surface area contributed by atoms with Gasteiger partial charge in [-0.25, -0.2) is 4.79 Å². The molecule has 0 atom stereocenters. The summed E-state index contributed by atoms with van der Waals surface area (Å²) in [5, 5.41) is 1.96. The SMILES string of the molecule is C=C(C)C(=O)NC(=O)Oc1ccco1. The van der Waals surface area contributed by atoms with Crippen LogP contribution in [0.2, 0.25) is 0 Å². The van der Waals surface area contributed by atoms with E-state index in [-0.39, 0.29) is 11.5 Å². The van der Waals surface area contributed by atoms with Gasteiger partial charge in [0.2, 0.25) is 0 Å². The molecule has 2 amide bonds. The van der Waals surface area contributed by atoms with E-state index in [1.807, 2.05) is 5.32 Å². The van der Waals surface area contributed by atoms with E-state index in [1.54, 1.807) is 6.07 Å². The number of hydrogen-bond acceptors (Lipinski definition) is 4. The van der Waals surface area contributed by atoms with Gasteiger partial charge in [-0.2, -0.15) is 0 Å². The van der Waals surface area contributed by atoms with Crippen molar-refractivity contribution < 1.29 is 18.7 Å². The molecule has 1 aromatic rings. The molecule has 14 heavy (non-hydrogen) atoms. The number of carbonyl (C=O) groups excluding carboxylic acids is 2. The van der Waals surface area contributed by atoms with E-state index in [4.69, 9.17) is 4.42 Å². The summed E-state index contributed by atoms with van der Waals surface area (Å²) >= 11 is 0. The normalized spacial score (nSPS) is 9.21. The molecule has 0 aromatic carbocycles. The molecule has 0 aliphatic heterocycles. The maximum Gasteiger partial charge on any atom is 0.422 e. The lowest BCUT2D eigenvalue weighted by atomic mass is 10.3.